The van der Waals surface area contributed by atoms with E-state index >= 15 is 0 Å². The molecule has 136 valence electrons. The Hall–Kier alpha value is -2.89. The Kier molecular flexibility index (Phi) is 5.84. The molecule has 1 aliphatic rings. The molecule has 0 aliphatic heterocycles. The smallest absolute Gasteiger partial charge is 0.251 e. The van der Waals surface area contributed by atoms with Gasteiger partial charge in [0.05, 0.1) is 13.0 Å². The lowest BCUT2D eigenvalue weighted by atomic mass is 10.0. The maximum Gasteiger partial charge on any atom is 0.251 e. The van der Waals surface area contributed by atoms with Crippen molar-refractivity contribution in [2.24, 2.45) is 5.92 Å². The Bertz CT molecular complexity index is 747. The summed E-state index contributed by atoms with van der Waals surface area (Å²) in [5.41, 5.74) is 1.57. The normalized spacial score (nSPS) is 19.0. The van der Waals surface area contributed by atoms with Gasteiger partial charge in [0.1, 0.15) is 5.75 Å². The van der Waals surface area contributed by atoms with Gasteiger partial charge in [-0.25, -0.2) is 0 Å². The van der Waals surface area contributed by atoms with E-state index in [1.165, 1.54) is 0 Å². The van der Waals surface area contributed by atoms with Gasteiger partial charge in [0.15, 0.2) is 0 Å². The Labute approximate surface area is 153 Å². The van der Waals surface area contributed by atoms with Crippen molar-refractivity contribution in [1.82, 2.24) is 15.6 Å². The first-order valence-electron chi connectivity index (χ1n) is 8.79. The van der Waals surface area contributed by atoms with Crippen LogP contribution in [0.5, 0.6) is 5.75 Å². The van der Waals surface area contributed by atoms with Gasteiger partial charge in [-0.15, -0.1) is 0 Å². The monoisotopic (exact) mass is 353 g/mol. The molecule has 2 aromatic rings. The van der Waals surface area contributed by atoms with Crippen LogP contribution in [0.15, 0.2) is 48.8 Å². The summed E-state index contributed by atoms with van der Waals surface area (Å²) in [7, 11) is 1.59. The lowest BCUT2D eigenvalue weighted by molar-refractivity contribution is -0.125. The predicted molar refractivity (Wildman–Crippen MR) is 97.7 cm³/mol. The number of carbonyl (C=O) groups excluding carboxylic acids is 2. The molecule has 26 heavy (non-hydrogen) atoms. The topological polar surface area (TPSA) is 80.3 Å². The standard InChI is InChI=1S/C20H23N3O3/c1-26-16-7-5-15(6-8-16)19(24)23-18-4-2-3-17(18)20(25)22-13-14-9-11-21-12-10-14/h5-12,17-18H,2-4,13H2,1H3,(H,22,25)(H,23,24)/t17-,18+/m0/s1. The van der Waals surface area contributed by atoms with Crippen LogP contribution in [-0.2, 0) is 11.3 Å². The second kappa shape index (κ2) is 8.47. The predicted octanol–water partition coefficient (Wildman–Crippen LogP) is 2.31. The summed E-state index contributed by atoms with van der Waals surface area (Å²) in [5.74, 6) is 0.334. The number of amides is 2. The van der Waals surface area contributed by atoms with Gasteiger partial charge in [-0.3, -0.25) is 14.6 Å². The van der Waals surface area contributed by atoms with E-state index in [0.29, 0.717) is 17.9 Å². The van der Waals surface area contributed by atoms with Crippen molar-refractivity contribution in [3.63, 3.8) is 0 Å². The summed E-state index contributed by atoms with van der Waals surface area (Å²) >= 11 is 0. The largest absolute Gasteiger partial charge is 0.497 e. The zero-order chi connectivity index (χ0) is 18.4. The van der Waals surface area contributed by atoms with E-state index < -0.39 is 0 Å². The fourth-order valence-corrected chi connectivity index (χ4v) is 3.26. The lowest BCUT2D eigenvalue weighted by Crippen LogP contribution is -2.43. The summed E-state index contributed by atoms with van der Waals surface area (Å²) in [6, 6.07) is 10.6. The van der Waals surface area contributed by atoms with Gasteiger partial charge in [-0.05, 0) is 54.8 Å². The van der Waals surface area contributed by atoms with E-state index in [9.17, 15) is 9.59 Å². The van der Waals surface area contributed by atoms with E-state index in [0.717, 1.165) is 24.8 Å². The van der Waals surface area contributed by atoms with Crippen LogP contribution in [0.4, 0.5) is 0 Å². The maximum absolute atomic E-state index is 12.5. The highest BCUT2D eigenvalue weighted by molar-refractivity contribution is 5.95. The highest BCUT2D eigenvalue weighted by Crippen LogP contribution is 2.26. The summed E-state index contributed by atoms with van der Waals surface area (Å²) < 4.78 is 5.11. The fourth-order valence-electron chi connectivity index (χ4n) is 3.26. The molecule has 3 rings (SSSR count). The van der Waals surface area contributed by atoms with E-state index in [-0.39, 0.29) is 23.8 Å². The number of hydrogen-bond donors (Lipinski definition) is 2. The third kappa shape index (κ3) is 4.39. The molecule has 0 unspecified atom stereocenters. The van der Waals surface area contributed by atoms with Gasteiger partial charge in [-0.1, -0.05) is 6.42 Å². The average Bonchev–Trinajstić information content (AvgIpc) is 3.15. The molecule has 6 nitrogen and oxygen atoms in total. The summed E-state index contributed by atoms with van der Waals surface area (Å²) in [6.45, 7) is 0.469. The second-order valence-electron chi connectivity index (χ2n) is 6.42. The summed E-state index contributed by atoms with van der Waals surface area (Å²) in [6.07, 6.45) is 5.94. The number of hydrogen-bond acceptors (Lipinski definition) is 4. The molecule has 1 aromatic heterocycles. The van der Waals surface area contributed by atoms with Crippen molar-refractivity contribution in [3.05, 3.63) is 59.9 Å². The minimum Gasteiger partial charge on any atom is -0.497 e. The molecule has 1 heterocycles. The molecule has 1 aliphatic carbocycles. The van der Waals surface area contributed by atoms with Crippen LogP contribution in [-0.4, -0.2) is 29.9 Å². The molecule has 0 saturated heterocycles. The summed E-state index contributed by atoms with van der Waals surface area (Å²) in [4.78, 5) is 29.0. The number of ether oxygens (including phenoxy) is 1. The molecular weight excluding hydrogens is 330 g/mol. The molecule has 1 fully saturated rings. The molecule has 2 N–H and O–H groups in total. The molecule has 0 spiro atoms. The third-order valence-electron chi connectivity index (χ3n) is 4.74. The molecule has 1 saturated carbocycles. The highest BCUT2D eigenvalue weighted by atomic mass is 16.5. The number of carbonyl (C=O) groups is 2. The Morgan fingerprint density at radius 2 is 1.85 bits per heavy atom. The number of nitrogens with zero attached hydrogens (tertiary/aromatic N) is 1. The molecule has 6 heteroatoms. The molecule has 2 amide bonds. The van der Waals surface area contributed by atoms with Crippen molar-refractivity contribution < 1.29 is 14.3 Å². The van der Waals surface area contributed by atoms with Crippen LogP contribution in [0.2, 0.25) is 0 Å². The number of methoxy groups -OCH3 is 1. The zero-order valence-corrected chi connectivity index (χ0v) is 14.8. The van der Waals surface area contributed by atoms with Crippen LogP contribution in [0.1, 0.15) is 35.2 Å². The Morgan fingerprint density at radius 3 is 2.54 bits per heavy atom. The third-order valence-corrected chi connectivity index (χ3v) is 4.74. The van der Waals surface area contributed by atoms with Gasteiger partial charge in [-0.2, -0.15) is 0 Å². The average molecular weight is 353 g/mol. The molecule has 2 atom stereocenters. The van der Waals surface area contributed by atoms with Crippen molar-refractivity contribution >= 4 is 11.8 Å². The number of rotatable bonds is 6. The van der Waals surface area contributed by atoms with Crippen LogP contribution in [0, 0.1) is 5.92 Å². The molecule has 0 bridgehead atoms. The first kappa shape index (κ1) is 17.9. The second-order valence-corrected chi connectivity index (χ2v) is 6.42. The van der Waals surface area contributed by atoms with Crippen LogP contribution < -0.4 is 15.4 Å². The Balaban J connectivity index is 1.56. The number of benzene rings is 1. The first-order chi connectivity index (χ1) is 12.7. The molecule has 1 aromatic carbocycles. The van der Waals surface area contributed by atoms with Crippen LogP contribution in [0.3, 0.4) is 0 Å². The van der Waals surface area contributed by atoms with Gasteiger partial charge in [0, 0.05) is 30.5 Å². The minimum absolute atomic E-state index is 0.0145. The quantitative estimate of drug-likeness (QED) is 0.835. The SMILES string of the molecule is COc1ccc(C(=O)N[C@@H]2CCC[C@@H]2C(=O)NCc2ccncc2)cc1. The van der Waals surface area contributed by atoms with Gasteiger partial charge in [0.2, 0.25) is 5.91 Å². The van der Waals surface area contributed by atoms with Crippen molar-refractivity contribution in [1.29, 1.82) is 0 Å². The fraction of sp³-hybridized carbons (Fsp3) is 0.350. The minimum atomic E-state index is -0.195. The molecule has 0 radical (unpaired) electrons. The number of aromatic nitrogens is 1. The van der Waals surface area contributed by atoms with Crippen LogP contribution >= 0.6 is 0 Å². The van der Waals surface area contributed by atoms with Gasteiger partial charge < -0.3 is 15.4 Å². The van der Waals surface area contributed by atoms with Gasteiger partial charge >= 0.3 is 0 Å². The maximum atomic E-state index is 12.5. The zero-order valence-electron chi connectivity index (χ0n) is 14.8. The van der Waals surface area contributed by atoms with Crippen molar-refractivity contribution in [2.45, 2.75) is 31.8 Å². The molecular formula is C20H23N3O3. The highest BCUT2D eigenvalue weighted by Gasteiger charge is 2.34. The van der Waals surface area contributed by atoms with E-state index in [4.69, 9.17) is 4.74 Å². The summed E-state index contributed by atoms with van der Waals surface area (Å²) in [5, 5.41) is 5.98. The van der Waals surface area contributed by atoms with Crippen LogP contribution in [0.25, 0.3) is 0 Å². The number of nitrogens with one attached hydrogen (secondary N) is 2. The van der Waals surface area contributed by atoms with E-state index in [1.807, 2.05) is 12.1 Å². The van der Waals surface area contributed by atoms with Crippen molar-refractivity contribution in [2.75, 3.05) is 7.11 Å². The number of pyridine rings is 1. The van der Waals surface area contributed by atoms with E-state index in [1.54, 1.807) is 43.8 Å². The Morgan fingerprint density at radius 1 is 1.12 bits per heavy atom. The van der Waals surface area contributed by atoms with E-state index in [2.05, 4.69) is 15.6 Å². The van der Waals surface area contributed by atoms with Crippen molar-refractivity contribution in [3.8, 4) is 5.75 Å². The first-order valence-corrected chi connectivity index (χ1v) is 8.79. The lowest BCUT2D eigenvalue weighted by Gasteiger charge is -2.20. The van der Waals surface area contributed by atoms with Gasteiger partial charge in [0.25, 0.3) is 5.91 Å².